The lowest BCUT2D eigenvalue weighted by Gasteiger charge is -2.29. The number of hydrogen-bond donors (Lipinski definition) is 2. The van der Waals surface area contributed by atoms with Gasteiger partial charge in [-0.15, -0.1) is 0 Å². The van der Waals surface area contributed by atoms with E-state index in [1.807, 2.05) is 19.4 Å². The zero-order chi connectivity index (χ0) is 12.0. The summed E-state index contributed by atoms with van der Waals surface area (Å²) in [7, 11) is 1.92. The Morgan fingerprint density at radius 3 is 2.56 bits per heavy atom. The summed E-state index contributed by atoms with van der Waals surface area (Å²) in [5, 5.41) is 16.9. The number of aromatic nitrogens is 2. The molecule has 0 fully saturated rings. The van der Waals surface area contributed by atoms with Gasteiger partial charge in [0, 0.05) is 43.9 Å². The normalized spacial score (nSPS) is 12.0. The van der Waals surface area contributed by atoms with Gasteiger partial charge in [-0.05, 0) is 12.8 Å². The topological polar surface area (TPSA) is 50.1 Å². The van der Waals surface area contributed by atoms with Gasteiger partial charge in [0.15, 0.2) is 0 Å². The highest BCUT2D eigenvalue weighted by atomic mass is 16.3. The second-order valence-corrected chi connectivity index (χ2v) is 4.49. The van der Waals surface area contributed by atoms with Crippen LogP contribution in [0.25, 0.3) is 0 Å². The molecule has 4 nitrogen and oxygen atoms in total. The number of aliphatic hydroxyl groups excluding tert-OH is 1. The maximum absolute atomic E-state index is 9.42. The maximum Gasteiger partial charge on any atom is 0.0534 e. The smallest absolute Gasteiger partial charge is 0.0534 e. The van der Waals surface area contributed by atoms with Crippen LogP contribution in [-0.2, 0) is 13.6 Å². The number of aliphatic hydroxyl groups is 1. The molecule has 0 spiro atoms. The van der Waals surface area contributed by atoms with E-state index in [0.717, 1.165) is 25.9 Å². The lowest BCUT2D eigenvalue weighted by atomic mass is 9.83. The Bertz CT molecular complexity index is 297. The minimum atomic E-state index is 0.0300. The van der Waals surface area contributed by atoms with Gasteiger partial charge in [0.25, 0.3) is 0 Å². The number of rotatable bonds is 7. The maximum atomic E-state index is 9.42. The van der Waals surface area contributed by atoms with Crippen molar-refractivity contribution in [3.63, 3.8) is 0 Å². The van der Waals surface area contributed by atoms with E-state index in [4.69, 9.17) is 0 Å². The van der Waals surface area contributed by atoms with E-state index < -0.39 is 0 Å². The number of nitrogens with zero attached hydrogens (tertiary/aromatic N) is 2. The van der Waals surface area contributed by atoms with Crippen LogP contribution in [0.4, 0.5) is 0 Å². The van der Waals surface area contributed by atoms with Crippen LogP contribution in [0.15, 0.2) is 12.4 Å². The van der Waals surface area contributed by atoms with Crippen LogP contribution in [0, 0.1) is 5.41 Å². The van der Waals surface area contributed by atoms with Gasteiger partial charge in [0.2, 0.25) is 0 Å². The van der Waals surface area contributed by atoms with E-state index in [9.17, 15) is 5.11 Å². The summed E-state index contributed by atoms with van der Waals surface area (Å²) in [6.07, 6.45) is 5.87. The first-order valence-corrected chi connectivity index (χ1v) is 5.95. The molecule has 0 saturated heterocycles. The second kappa shape index (κ2) is 6.01. The van der Waals surface area contributed by atoms with Crippen molar-refractivity contribution in [2.24, 2.45) is 12.5 Å². The Labute approximate surface area is 97.7 Å². The molecule has 1 aromatic heterocycles. The van der Waals surface area contributed by atoms with Crippen LogP contribution in [0.2, 0.25) is 0 Å². The summed E-state index contributed by atoms with van der Waals surface area (Å²) < 4.78 is 1.80. The van der Waals surface area contributed by atoms with Crippen molar-refractivity contribution >= 4 is 0 Å². The van der Waals surface area contributed by atoms with Gasteiger partial charge in [0.1, 0.15) is 0 Å². The Kier molecular flexibility index (Phi) is 4.96. The van der Waals surface area contributed by atoms with Gasteiger partial charge in [-0.1, -0.05) is 13.8 Å². The first kappa shape index (κ1) is 13.2. The molecule has 0 aliphatic carbocycles. The Morgan fingerprint density at radius 1 is 1.44 bits per heavy atom. The number of hydrogen-bond acceptors (Lipinski definition) is 3. The third kappa shape index (κ3) is 3.32. The van der Waals surface area contributed by atoms with E-state index in [0.29, 0.717) is 0 Å². The van der Waals surface area contributed by atoms with E-state index in [1.165, 1.54) is 5.56 Å². The molecule has 92 valence electrons. The summed E-state index contributed by atoms with van der Waals surface area (Å²) in [6.45, 7) is 6.18. The molecule has 0 bridgehead atoms. The second-order valence-electron chi connectivity index (χ2n) is 4.49. The first-order chi connectivity index (χ1) is 7.65. The minimum Gasteiger partial charge on any atom is -0.396 e. The van der Waals surface area contributed by atoms with Crippen molar-refractivity contribution in [3.05, 3.63) is 18.0 Å². The monoisotopic (exact) mass is 225 g/mol. The van der Waals surface area contributed by atoms with Crippen molar-refractivity contribution in [1.29, 1.82) is 0 Å². The summed E-state index contributed by atoms with van der Waals surface area (Å²) in [5.74, 6) is 0. The highest BCUT2D eigenvalue weighted by Gasteiger charge is 2.24. The van der Waals surface area contributed by atoms with Crippen LogP contribution < -0.4 is 5.32 Å². The van der Waals surface area contributed by atoms with Crippen molar-refractivity contribution < 1.29 is 5.11 Å². The van der Waals surface area contributed by atoms with Crippen LogP contribution >= 0.6 is 0 Å². The first-order valence-electron chi connectivity index (χ1n) is 5.95. The molecular weight excluding hydrogens is 202 g/mol. The number of aryl methyl sites for hydroxylation is 1. The molecule has 0 saturated carbocycles. The van der Waals surface area contributed by atoms with E-state index in [-0.39, 0.29) is 12.0 Å². The van der Waals surface area contributed by atoms with Crippen molar-refractivity contribution in [2.75, 3.05) is 13.2 Å². The Hall–Kier alpha value is -0.870. The predicted molar refractivity (Wildman–Crippen MR) is 65.0 cm³/mol. The van der Waals surface area contributed by atoms with Crippen LogP contribution in [0.3, 0.4) is 0 Å². The van der Waals surface area contributed by atoms with Crippen LogP contribution in [-0.4, -0.2) is 28.0 Å². The SMILES string of the molecule is CCC(CC)(CO)CNCc1cnn(C)c1. The van der Waals surface area contributed by atoms with E-state index in [2.05, 4.69) is 24.3 Å². The minimum absolute atomic E-state index is 0.0300. The molecule has 4 heteroatoms. The fraction of sp³-hybridized carbons (Fsp3) is 0.750. The third-order valence-corrected chi connectivity index (χ3v) is 3.42. The van der Waals surface area contributed by atoms with E-state index >= 15 is 0 Å². The molecule has 1 rings (SSSR count). The van der Waals surface area contributed by atoms with Crippen molar-refractivity contribution in [1.82, 2.24) is 15.1 Å². The summed E-state index contributed by atoms with van der Waals surface area (Å²) in [5.41, 5.74) is 1.21. The lowest BCUT2D eigenvalue weighted by Crippen LogP contribution is -2.36. The zero-order valence-corrected chi connectivity index (χ0v) is 10.5. The predicted octanol–water partition coefficient (Wildman–Crippen LogP) is 1.31. The number of nitrogens with one attached hydrogen (secondary N) is 1. The van der Waals surface area contributed by atoms with E-state index in [1.54, 1.807) is 4.68 Å². The average molecular weight is 225 g/mol. The van der Waals surface area contributed by atoms with Crippen molar-refractivity contribution in [2.45, 2.75) is 33.2 Å². The zero-order valence-electron chi connectivity index (χ0n) is 10.5. The molecule has 2 N–H and O–H groups in total. The van der Waals surface area contributed by atoms with Gasteiger partial charge in [-0.3, -0.25) is 4.68 Å². The van der Waals surface area contributed by atoms with Gasteiger partial charge >= 0.3 is 0 Å². The van der Waals surface area contributed by atoms with Gasteiger partial charge in [-0.25, -0.2) is 0 Å². The summed E-state index contributed by atoms with van der Waals surface area (Å²) in [4.78, 5) is 0. The molecule has 0 aliphatic heterocycles. The molecule has 1 heterocycles. The molecule has 0 aliphatic rings. The van der Waals surface area contributed by atoms with Crippen LogP contribution in [0.1, 0.15) is 32.3 Å². The fourth-order valence-corrected chi connectivity index (χ4v) is 1.81. The molecule has 16 heavy (non-hydrogen) atoms. The molecule has 0 atom stereocenters. The Morgan fingerprint density at radius 2 is 2.12 bits per heavy atom. The van der Waals surface area contributed by atoms with Gasteiger partial charge < -0.3 is 10.4 Å². The third-order valence-electron chi connectivity index (χ3n) is 3.42. The molecule has 1 aromatic rings. The molecule has 0 radical (unpaired) electrons. The summed E-state index contributed by atoms with van der Waals surface area (Å²) in [6, 6.07) is 0. The molecule has 0 amide bonds. The van der Waals surface area contributed by atoms with Gasteiger partial charge in [-0.2, -0.15) is 5.10 Å². The largest absolute Gasteiger partial charge is 0.396 e. The lowest BCUT2D eigenvalue weighted by molar-refractivity contribution is 0.113. The standard InChI is InChI=1S/C12H23N3O/c1-4-12(5-2,10-16)9-13-6-11-7-14-15(3)8-11/h7-8,13,16H,4-6,9-10H2,1-3H3. The summed E-state index contributed by atoms with van der Waals surface area (Å²) >= 11 is 0. The highest BCUT2D eigenvalue weighted by molar-refractivity contribution is 5.02. The molecule has 0 unspecified atom stereocenters. The van der Waals surface area contributed by atoms with Crippen molar-refractivity contribution in [3.8, 4) is 0 Å². The highest BCUT2D eigenvalue weighted by Crippen LogP contribution is 2.24. The van der Waals surface area contributed by atoms with Gasteiger partial charge in [0.05, 0.1) is 6.20 Å². The quantitative estimate of drug-likeness (QED) is 0.735. The molecular formula is C12H23N3O. The fourth-order valence-electron chi connectivity index (χ4n) is 1.81. The average Bonchev–Trinajstić information content (AvgIpc) is 2.71. The molecule has 0 aromatic carbocycles. The Balaban J connectivity index is 2.39. The van der Waals surface area contributed by atoms with Crippen LogP contribution in [0.5, 0.6) is 0 Å².